The molecular formula is C23H24NaO6P. The van der Waals surface area contributed by atoms with Crippen molar-refractivity contribution in [3.8, 4) is 23.0 Å². The molecule has 0 N–H and O–H groups in total. The molecule has 6 nitrogen and oxygen atoms in total. The Morgan fingerprint density at radius 3 is 2.00 bits per heavy atom. The smallest absolute Gasteiger partial charge is 0.736 e. The van der Waals surface area contributed by atoms with Gasteiger partial charge in [0.05, 0.1) is 14.2 Å². The van der Waals surface area contributed by atoms with Crippen LogP contribution in [0, 0.1) is 0 Å². The van der Waals surface area contributed by atoms with Crippen LogP contribution in [0.5, 0.6) is 23.0 Å². The summed E-state index contributed by atoms with van der Waals surface area (Å²) in [5, 5.41) is 0. The Bertz CT molecular complexity index is 995. The van der Waals surface area contributed by atoms with Crippen molar-refractivity contribution in [1.82, 2.24) is 0 Å². The molecule has 0 amide bonds. The van der Waals surface area contributed by atoms with Crippen molar-refractivity contribution in [2.24, 2.45) is 0 Å². The predicted octanol–water partition coefficient (Wildman–Crippen LogP) is 1.81. The molecule has 1 atom stereocenters. The molecule has 0 fully saturated rings. The van der Waals surface area contributed by atoms with E-state index in [0.717, 1.165) is 41.9 Å². The quantitative estimate of drug-likeness (QED) is 0.347. The first-order chi connectivity index (χ1) is 14.5. The fraction of sp³-hybridized carbons (Fsp3) is 0.217. The minimum absolute atomic E-state index is 0. The summed E-state index contributed by atoms with van der Waals surface area (Å²) in [5.41, 5.74) is 2.20. The van der Waals surface area contributed by atoms with Gasteiger partial charge < -0.3 is 23.4 Å². The second kappa shape index (κ2) is 12.2. The van der Waals surface area contributed by atoms with Gasteiger partial charge in [0.25, 0.3) is 0 Å². The molecule has 31 heavy (non-hydrogen) atoms. The van der Waals surface area contributed by atoms with Gasteiger partial charge in [0.2, 0.25) is 0 Å². The van der Waals surface area contributed by atoms with Crippen molar-refractivity contribution < 1.29 is 57.5 Å². The minimum atomic E-state index is -4.50. The maximum absolute atomic E-state index is 12.1. The molecule has 0 aromatic heterocycles. The van der Waals surface area contributed by atoms with Crippen molar-refractivity contribution in [2.75, 3.05) is 14.2 Å². The van der Waals surface area contributed by atoms with Gasteiger partial charge in [-0.2, -0.15) is 0 Å². The van der Waals surface area contributed by atoms with Gasteiger partial charge in [-0.15, -0.1) is 0 Å². The van der Waals surface area contributed by atoms with E-state index in [1.807, 2.05) is 30.3 Å². The van der Waals surface area contributed by atoms with Crippen molar-refractivity contribution in [1.29, 1.82) is 0 Å². The Morgan fingerprint density at radius 2 is 1.39 bits per heavy atom. The van der Waals surface area contributed by atoms with Crippen LogP contribution < -0.4 is 53.0 Å². The first kappa shape index (κ1) is 25.3. The van der Waals surface area contributed by atoms with E-state index >= 15 is 0 Å². The van der Waals surface area contributed by atoms with Crippen LogP contribution in [-0.2, 0) is 17.4 Å². The van der Waals surface area contributed by atoms with Crippen molar-refractivity contribution in [2.45, 2.75) is 19.3 Å². The van der Waals surface area contributed by atoms with E-state index in [1.165, 1.54) is 0 Å². The third-order valence-electron chi connectivity index (χ3n) is 4.51. The first-order valence-electron chi connectivity index (χ1n) is 9.54. The Hall–Kier alpha value is -1.95. The van der Waals surface area contributed by atoms with E-state index < -0.39 is 7.82 Å². The summed E-state index contributed by atoms with van der Waals surface area (Å²) in [6.45, 7) is 0. The monoisotopic (exact) mass is 450 g/mol. The molecule has 0 heterocycles. The molecule has 0 radical (unpaired) electrons. The summed E-state index contributed by atoms with van der Waals surface area (Å²) in [6.07, 6.45) is 2.61. The predicted molar refractivity (Wildman–Crippen MR) is 113 cm³/mol. The minimum Gasteiger partial charge on any atom is -0.736 e. The second-order valence-electron chi connectivity index (χ2n) is 6.62. The third-order valence-corrected chi connectivity index (χ3v) is 5.38. The molecule has 1 unspecified atom stereocenters. The van der Waals surface area contributed by atoms with Crippen LogP contribution in [0.25, 0.3) is 0 Å². The Balaban J connectivity index is 0.00000341. The molecule has 0 saturated carbocycles. The number of rotatable bonds is 10. The average molecular weight is 450 g/mol. The van der Waals surface area contributed by atoms with Crippen LogP contribution in [0.15, 0.2) is 72.8 Å². The van der Waals surface area contributed by atoms with E-state index in [4.69, 9.17) is 18.5 Å². The Kier molecular flexibility index (Phi) is 9.94. The maximum Gasteiger partial charge on any atom is 1.00 e. The van der Waals surface area contributed by atoms with E-state index in [-0.39, 0.29) is 41.1 Å². The van der Waals surface area contributed by atoms with Crippen LogP contribution in [-0.4, -0.2) is 14.2 Å². The van der Waals surface area contributed by atoms with Gasteiger partial charge in [-0.25, -0.2) is 4.57 Å². The normalized spacial score (nSPS) is 12.2. The number of benzene rings is 3. The number of aryl methyl sites for hydroxylation is 2. The van der Waals surface area contributed by atoms with Gasteiger partial charge in [0, 0.05) is 6.07 Å². The van der Waals surface area contributed by atoms with E-state index in [1.54, 1.807) is 56.7 Å². The van der Waals surface area contributed by atoms with Gasteiger partial charge >= 0.3 is 37.4 Å². The zero-order chi connectivity index (χ0) is 21.4. The van der Waals surface area contributed by atoms with Crippen LogP contribution in [0.1, 0.15) is 17.5 Å². The van der Waals surface area contributed by atoms with Crippen LogP contribution >= 0.6 is 7.82 Å². The Labute approximate surface area is 205 Å². The van der Waals surface area contributed by atoms with Gasteiger partial charge in [-0.3, -0.25) is 0 Å². The SMILES string of the molecule is COc1ccc(CCCc2ccc(OP(=O)([O-])Oc3ccccc3)cc2)c(OC)c1.[Na+]. The molecule has 3 rings (SSSR count). The van der Waals surface area contributed by atoms with Gasteiger partial charge in [-0.05, 0) is 60.7 Å². The molecule has 3 aromatic rings. The standard InChI is InChI=1S/C23H25O6P.Na/c1-26-22-16-13-19(23(17-22)27-2)8-6-7-18-11-14-21(15-12-18)29-30(24,25)28-20-9-4-3-5-10-20;/h3-5,9-17H,6-8H2,1-2H3,(H,24,25);/q;+1/p-1. The first-order valence-corrected chi connectivity index (χ1v) is 11.0. The number of phosphoric acid groups is 1. The molecule has 3 aromatic carbocycles. The van der Waals surface area contributed by atoms with Crippen LogP contribution in [0.4, 0.5) is 0 Å². The van der Waals surface area contributed by atoms with Crippen molar-refractivity contribution in [3.05, 3.63) is 83.9 Å². The number of phosphoric ester groups is 1. The average Bonchev–Trinajstić information content (AvgIpc) is 2.75. The fourth-order valence-electron chi connectivity index (χ4n) is 3.02. The molecule has 158 valence electrons. The van der Waals surface area contributed by atoms with Gasteiger partial charge in [0.15, 0.2) is 0 Å². The molecule has 0 aliphatic heterocycles. The number of methoxy groups -OCH3 is 2. The van der Waals surface area contributed by atoms with E-state index in [9.17, 15) is 9.46 Å². The van der Waals surface area contributed by atoms with Gasteiger partial charge in [-0.1, -0.05) is 36.4 Å². The number of hydrogen-bond acceptors (Lipinski definition) is 6. The summed E-state index contributed by atoms with van der Waals surface area (Å²) in [4.78, 5) is 12.1. The molecule has 0 aliphatic carbocycles. The van der Waals surface area contributed by atoms with Gasteiger partial charge in [0.1, 0.15) is 23.0 Å². The molecule has 0 aliphatic rings. The van der Waals surface area contributed by atoms with Crippen molar-refractivity contribution >= 4 is 7.82 Å². The fourth-order valence-corrected chi connectivity index (χ4v) is 3.81. The molecule has 0 bridgehead atoms. The topological polar surface area (TPSA) is 77.1 Å². The zero-order valence-electron chi connectivity index (χ0n) is 17.9. The number of ether oxygens (including phenoxy) is 2. The molecular weight excluding hydrogens is 426 g/mol. The second-order valence-corrected chi connectivity index (χ2v) is 7.88. The largest absolute Gasteiger partial charge is 1.00 e. The summed E-state index contributed by atoms with van der Waals surface area (Å²) in [5.74, 6) is 1.99. The molecule has 0 saturated heterocycles. The zero-order valence-corrected chi connectivity index (χ0v) is 20.8. The van der Waals surface area contributed by atoms with E-state index in [0.29, 0.717) is 0 Å². The molecule has 8 heteroatoms. The number of para-hydroxylation sites is 1. The molecule has 0 spiro atoms. The summed E-state index contributed by atoms with van der Waals surface area (Å²) >= 11 is 0. The summed E-state index contributed by atoms with van der Waals surface area (Å²) in [6, 6.07) is 21.0. The Morgan fingerprint density at radius 1 is 0.774 bits per heavy atom. The summed E-state index contributed by atoms with van der Waals surface area (Å²) < 4.78 is 32.7. The summed E-state index contributed by atoms with van der Waals surface area (Å²) in [7, 11) is -1.23. The van der Waals surface area contributed by atoms with Crippen LogP contribution in [0.2, 0.25) is 0 Å². The van der Waals surface area contributed by atoms with E-state index in [2.05, 4.69) is 0 Å². The van der Waals surface area contributed by atoms with Crippen LogP contribution in [0.3, 0.4) is 0 Å². The maximum atomic E-state index is 12.1. The van der Waals surface area contributed by atoms with Crippen molar-refractivity contribution in [3.63, 3.8) is 0 Å². The number of hydrogen-bond donors (Lipinski definition) is 0. The third kappa shape index (κ3) is 7.91.